The Bertz CT molecular complexity index is 690. The van der Waals surface area contributed by atoms with Gasteiger partial charge in [0.15, 0.2) is 0 Å². The molecule has 0 radical (unpaired) electrons. The third-order valence-electron chi connectivity index (χ3n) is 4.31. The van der Waals surface area contributed by atoms with Crippen LogP contribution in [-0.4, -0.2) is 24.7 Å². The van der Waals surface area contributed by atoms with Crippen molar-refractivity contribution in [2.75, 3.05) is 11.9 Å². The van der Waals surface area contributed by atoms with Crippen LogP contribution in [0.3, 0.4) is 0 Å². The highest BCUT2D eigenvalue weighted by Gasteiger charge is 2.30. The highest BCUT2D eigenvalue weighted by Crippen LogP contribution is 2.22. The van der Waals surface area contributed by atoms with Crippen LogP contribution in [0, 0.1) is 0 Å². The summed E-state index contributed by atoms with van der Waals surface area (Å²) >= 11 is 0. The molecule has 0 aliphatic carbocycles. The van der Waals surface area contributed by atoms with E-state index in [1.54, 1.807) is 0 Å². The van der Waals surface area contributed by atoms with Crippen molar-refractivity contribution in [2.45, 2.75) is 38.3 Å². The van der Waals surface area contributed by atoms with E-state index < -0.39 is 6.10 Å². The number of carbonyl (C=O) groups is 1. The number of anilines is 1. The molecule has 0 aromatic heterocycles. The van der Waals surface area contributed by atoms with Crippen LogP contribution in [0.4, 0.5) is 5.69 Å². The Morgan fingerprint density at radius 3 is 2.60 bits per heavy atom. The topological polar surface area (TPSA) is 73.6 Å². The van der Waals surface area contributed by atoms with E-state index in [4.69, 9.17) is 15.2 Å². The van der Waals surface area contributed by atoms with E-state index in [1.165, 1.54) is 0 Å². The van der Waals surface area contributed by atoms with E-state index in [-0.39, 0.29) is 12.0 Å². The summed E-state index contributed by atoms with van der Waals surface area (Å²) in [6, 6.07) is 17.7. The summed E-state index contributed by atoms with van der Waals surface area (Å²) in [5, 5.41) is 2.96. The number of benzene rings is 2. The number of nitrogens with two attached hydrogens (primary N) is 1. The van der Waals surface area contributed by atoms with Crippen molar-refractivity contribution in [1.82, 2.24) is 0 Å². The molecule has 1 heterocycles. The predicted molar refractivity (Wildman–Crippen MR) is 97.0 cm³/mol. The number of hydrogen-bond donors (Lipinski definition) is 2. The molecule has 0 saturated carbocycles. The van der Waals surface area contributed by atoms with Gasteiger partial charge in [0, 0.05) is 17.8 Å². The molecule has 1 saturated heterocycles. The minimum atomic E-state index is -0.424. The third kappa shape index (κ3) is 4.89. The lowest BCUT2D eigenvalue weighted by atomic mass is 10.1. The minimum Gasteiger partial charge on any atom is -0.372 e. The molecule has 2 aromatic carbocycles. The Kier molecular flexibility index (Phi) is 6.17. The first-order valence-corrected chi connectivity index (χ1v) is 8.62. The zero-order valence-corrected chi connectivity index (χ0v) is 14.2. The Hall–Kier alpha value is -2.21. The van der Waals surface area contributed by atoms with Crippen LogP contribution >= 0.6 is 0 Å². The summed E-state index contributed by atoms with van der Waals surface area (Å²) in [5.74, 6) is -0.119. The first kappa shape index (κ1) is 17.6. The van der Waals surface area contributed by atoms with Crippen molar-refractivity contribution < 1.29 is 14.3 Å². The SMILES string of the molecule is NC[C@H]1CC[C@@H](C(=O)Nc2ccccc2COCc2ccccc2)O1. The highest BCUT2D eigenvalue weighted by atomic mass is 16.5. The van der Waals surface area contributed by atoms with Crippen LogP contribution in [0.5, 0.6) is 0 Å². The van der Waals surface area contributed by atoms with Crippen LogP contribution in [0.25, 0.3) is 0 Å². The van der Waals surface area contributed by atoms with E-state index in [0.717, 1.165) is 23.2 Å². The van der Waals surface area contributed by atoms with Crippen molar-refractivity contribution in [3.05, 3.63) is 65.7 Å². The predicted octanol–water partition coefficient (Wildman–Crippen LogP) is 2.85. The number of hydrogen-bond acceptors (Lipinski definition) is 4. The molecular formula is C20H24N2O3. The molecule has 0 bridgehead atoms. The Balaban J connectivity index is 1.56. The quantitative estimate of drug-likeness (QED) is 0.813. The van der Waals surface area contributed by atoms with E-state index in [1.807, 2.05) is 54.6 Å². The summed E-state index contributed by atoms with van der Waals surface area (Å²) < 4.78 is 11.4. The zero-order valence-electron chi connectivity index (χ0n) is 14.2. The smallest absolute Gasteiger partial charge is 0.253 e. The van der Waals surface area contributed by atoms with Crippen molar-refractivity contribution in [2.24, 2.45) is 5.73 Å². The molecule has 0 unspecified atom stereocenters. The lowest BCUT2D eigenvalue weighted by Crippen LogP contribution is -2.30. The summed E-state index contributed by atoms with van der Waals surface area (Å²) in [6.45, 7) is 1.42. The molecular weight excluding hydrogens is 316 g/mol. The summed E-state index contributed by atoms with van der Waals surface area (Å²) in [4.78, 5) is 12.4. The van der Waals surface area contributed by atoms with Crippen molar-refractivity contribution >= 4 is 11.6 Å². The Labute approximate surface area is 148 Å². The molecule has 1 amide bonds. The Morgan fingerprint density at radius 2 is 1.84 bits per heavy atom. The number of para-hydroxylation sites is 1. The van der Waals surface area contributed by atoms with Gasteiger partial charge in [-0.1, -0.05) is 48.5 Å². The Morgan fingerprint density at radius 1 is 1.08 bits per heavy atom. The fourth-order valence-electron chi connectivity index (χ4n) is 2.91. The first-order valence-electron chi connectivity index (χ1n) is 8.62. The maximum Gasteiger partial charge on any atom is 0.253 e. The molecule has 5 heteroatoms. The third-order valence-corrected chi connectivity index (χ3v) is 4.31. The van der Waals surface area contributed by atoms with Gasteiger partial charge < -0.3 is 20.5 Å². The van der Waals surface area contributed by atoms with Crippen LogP contribution in [0.15, 0.2) is 54.6 Å². The van der Waals surface area contributed by atoms with Crippen LogP contribution in [-0.2, 0) is 27.5 Å². The number of nitrogens with one attached hydrogen (secondary N) is 1. The summed E-state index contributed by atoms with van der Waals surface area (Å²) in [6.07, 6.45) is 1.10. The average molecular weight is 340 g/mol. The van der Waals surface area contributed by atoms with Gasteiger partial charge in [-0.05, 0) is 24.5 Å². The fraction of sp³-hybridized carbons (Fsp3) is 0.350. The van der Waals surface area contributed by atoms with Gasteiger partial charge in [-0.2, -0.15) is 0 Å². The van der Waals surface area contributed by atoms with Gasteiger partial charge in [-0.3, -0.25) is 4.79 Å². The van der Waals surface area contributed by atoms with Crippen LogP contribution in [0.2, 0.25) is 0 Å². The van der Waals surface area contributed by atoms with Gasteiger partial charge in [0.25, 0.3) is 5.91 Å². The number of rotatable bonds is 7. The van der Waals surface area contributed by atoms with Gasteiger partial charge in [0.1, 0.15) is 6.10 Å². The van der Waals surface area contributed by atoms with Gasteiger partial charge in [0.05, 0.1) is 19.3 Å². The summed E-state index contributed by atoms with van der Waals surface area (Å²) in [5.41, 5.74) is 8.43. The molecule has 1 aliphatic heterocycles. The van der Waals surface area contributed by atoms with E-state index in [0.29, 0.717) is 26.2 Å². The van der Waals surface area contributed by atoms with Crippen LogP contribution < -0.4 is 11.1 Å². The van der Waals surface area contributed by atoms with E-state index in [9.17, 15) is 4.79 Å². The van der Waals surface area contributed by atoms with Crippen molar-refractivity contribution in [3.63, 3.8) is 0 Å². The van der Waals surface area contributed by atoms with E-state index >= 15 is 0 Å². The highest BCUT2D eigenvalue weighted by molar-refractivity contribution is 5.95. The maximum atomic E-state index is 12.4. The van der Waals surface area contributed by atoms with E-state index in [2.05, 4.69) is 5.32 Å². The standard InChI is InChI=1S/C20H24N2O3/c21-12-17-10-11-19(25-17)20(23)22-18-9-5-4-8-16(18)14-24-13-15-6-2-1-3-7-15/h1-9,17,19H,10-14,21H2,(H,22,23)/t17-,19+/m1/s1. The van der Waals surface area contributed by atoms with Crippen LogP contribution in [0.1, 0.15) is 24.0 Å². The normalized spacial score (nSPS) is 19.7. The molecule has 5 nitrogen and oxygen atoms in total. The number of ether oxygens (including phenoxy) is 2. The van der Waals surface area contributed by atoms with Gasteiger partial charge in [-0.25, -0.2) is 0 Å². The second kappa shape index (κ2) is 8.76. The molecule has 1 fully saturated rings. The number of carbonyl (C=O) groups excluding carboxylic acids is 1. The molecule has 3 rings (SSSR count). The average Bonchev–Trinajstić information content (AvgIpc) is 3.13. The zero-order chi connectivity index (χ0) is 17.5. The lowest BCUT2D eigenvalue weighted by Gasteiger charge is -2.15. The molecule has 132 valence electrons. The van der Waals surface area contributed by atoms with Gasteiger partial charge >= 0.3 is 0 Å². The van der Waals surface area contributed by atoms with Crippen molar-refractivity contribution in [1.29, 1.82) is 0 Å². The van der Waals surface area contributed by atoms with Crippen molar-refractivity contribution in [3.8, 4) is 0 Å². The summed E-state index contributed by atoms with van der Waals surface area (Å²) in [7, 11) is 0. The molecule has 0 spiro atoms. The maximum absolute atomic E-state index is 12.4. The first-order chi connectivity index (χ1) is 12.3. The number of amides is 1. The molecule has 2 atom stereocenters. The lowest BCUT2D eigenvalue weighted by molar-refractivity contribution is -0.126. The molecule has 25 heavy (non-hydrogen) atoms. The fourth-order valence-corrected chi connectivity index (χ4v) is 2.91. The second-order valence-corrected chi connectivity index (χ2v) is 6.18. The minimum absolute atomic E-state index is 0.0137. The van der Waals surface area contributed by atoms with Gasteiger partial charge in [-0.15, -0.1) is 0 Å². The molecule has 1 aliphatic rings. The second-order valence-electron chi connectivity index (χ2n) is 6.18. The largest absolute Gasteiger partial charge is 0.372 e. The molecule has 2 aromatic rings. The van der Waals surface area contributed by atoms with Gasteiger partial charge in [0.2, 0.25) is 0 Å². The molecule has 3 N–H and O–H groups in total. The monoisotopic (exact) mass is 340 g/mol.